The van der Waals surface area contributed by atoms with Crippen LogP contribution in [0.3, 0.4) is 0 Å². The Labute approximate surface area is 126 Å². The van der Waals surface area contributed by atoms with Crippen molar-refractivity contribution in [2.45, 2.75) is 6.92 Å². The van der Waals surface area contributed by atoms with E-state index in [1.807, 2.05) is 43.3 Å². The molecule has 0 atom stereocenters. The molecule has 0 bridgehead atoms. The number of hydrogen-bond acceptors (Lipinski definition) is 2. The Kier molecular flexibility index (Phi) is 3.35. The summed E-state index contributed by atoms with van der Waals surface area (Å²) in [5, 5.41) is 10.4. The van der Waals surface area contributed by atoms with Crippen LogP contribution in [0.25, 0.3) is 22.2 Å². The molecule has 0 fully saturated rings. The van der Waals surface area contributed by atoms with Gasteiger partial charge in [0, 0.05) is 10.9 Å². The maximum Gasteiger partial charge on any atom is 0.336 e. The zero-order valence-corrected chi connectivity index (χ0v) is 12.1. The molecule has 0 saturated carbocycles. The molecule has 1 aromatic heterocycles. The van der Waals surface area contributed by atoms with Crippen LogP contribution in [0.4, 0.5) is 0 Å². The van der Waals surface area contributed by atoms with Gasteiger partial charge in [-0.25, -0.2) is 9.78 Å². The third-order valence-electron chi connectivity index (χ3n) is 3.41. The lowest BCUT2D eigenvalue weighted by atomic mass is 10.0. The second-order valence-corrected chi connectivity index (χ2v) is 5.22. The van der Waals surface area contributed by atoms with Gasteiger partial charge in [-0.2, -0.15) is 0 Å². The summed E-state index contributed by atoms with van der Waals surface area (Å²) in [6.45, 7) is 1.89. The van der Waals surface area contributed by atoms with E-state index in [4.69, 9.17) is 11.6 Å². The van der Waals surface area contributed by atoms with Crippen molar-refractivity contribution in [2.24, 2.45) is 0 Å². The number of fused-ring (bicyclic) bond motifs is 1. The quantitative estimate of drug-likeness (QED) is 0.754. The van der Waals surface area contributed by atoms with Gasteiger partial charge in [-0.15, -0.1) is 0 Å². The molecule has 0 aliphatic carbocycles. The Morgan fingerprint density at radius 2 is 1.86 bits per heavy atom. The third kappa shape index (κ3) is 2.36. The van der Waals surface area contributed by atoms with Crippen LogP contribution < -0.4 is 0 Å². The molecule has 4 heteroatoms. The van der Waals surface area contributed by atoms with Crippen LogP contribution in [0, 0.1) is 6.92 Å². The molecule has 0 unspecified atom stereocenters. The molecule has 3 aromatic rings. The number of halogens is 1. The van der Waals surface area contributed by atoms with Crippen LogP contribution in [0.1, 0.15) is 15.9 Å². The van der Waals surface area contributed by atoms with Gasteiger partial charge in [0.15, 0.2) is 0 Å². The predicted molar refractivity (Wildman–Crippen MR) is 83.9 cm³/mol. The van der Waals surface area contributed by atoms with Crippen molar-refractivity contribution in [3.05, 3.63) is 64.7 Å². The van der Waals surface area contributed by atoms with Crippen molar-refractivity contribution in [3.63, 3.8) is 0 Å². The van der Waals surface area contributed by atoms with Crippen molar-refractivity contribution < 1.29 is 9.90 Å². The minimum Gasteiger partial charge on any atom is -0.478 e. The second kappa shape index (κ2) is 5.19. The van der Waals surface area contributed by atoms with Gasteiger partial charge in [0.05, 0.1) is 21.8 Å². The van der Waals surface area contributed by atoms with E-state index in [-0.39, 0.29) is 5.56 Å². The highest BCUT2D eigenvalue weighted by atomic mass is 35.5. The van der Waals surface area contributed by atoms with Crippen LogP contribution in [0.15, 0.2) is 48.5 Å². The number of hydrogen-bond donors (Lipinski definition) is 1. The molecular weight excluding hydrogens is 286 g/mol. The van der Waals surface area contributed by atoms with E-state index in [0.717, 1.165) is 11.1 Å². The standard InChI is InChI=1S/C17H12ClNO2/c1-10-7-8-13(18)15-12(17(20)21)9-14(19-16(10)15)11-5-3-2-4-6-11/h2-9H,1H3,(H,20,21). The zero-order chi connectivity index (χ0) is 15.0. The van der Waals surface area contributed by atoms with Crippen LogP contribution in [-0.2, 0) is 0 Å². The van der Waals surface area contributed by atoms with Crippen LogP contribution >= 0.6 is 11.6 Å². The highest BCUT2D eigenvalue weighted by Gasteiger charge is 2.16. The van der Waals surface area contributed by atoms with E-state index in [0.29, 0.717) is 21.6 Å². The number of nitrogens with zero attached hydrogens (tertiary/aromatic N) is 1. The van der Waals surface area contributed by atoms with Crippen molar-refractivity contribution in [1.29, 1.82) is 0 Å². The molecular formula is C17H12ClNO2. The Bertz CT molecular complexity index is 844. The van der Waals surface area contributed by atoms with Crippen LogP contribution in [0.5, 0.6) is 0 Å². The van der Waals surface area contributed by atoms with Crippen molar-refractivity contribution >= 4 is 28.5 Å². The minimum atomic E-state index is -1.01. The Morgan fingerprint density at radius 1 is 1.14 bits per heavy atom. The molecule has 0 aliphatic heterocycles. The van der Waals surface area contributed by atoms with Gasteiger partial charge >= 0.3 is 5.97 Å². The van der Waals surface area contributed by atoms with Crippen LogP contribution in [-0.4, -0.2) is 16.1 Å². The summed E-state index contributed by atoms with van der Waals surface area (Å²) in [5.74, 6) is -1.01. The first-order chi connectivity index (χ1) is 10.1. The van der Waals surface area contributed by atoms with E-state index < -0.39 is 5.97 Å². The van der Waals surface area contributed by atoms with Gasteiger partial charge in [-0.1, -0.05) is 48.0 Å². The highest BCUT2D eigenvalue weighted by Crippen LogP contribution is 2.31. The first kappa shape index (κ1) is 13.6. The Hall–Kier alpha value is -2.39. The van der Waals surface area contributed by atoms with Gasteiger partial charge in [0.25, 0.3) is 0 Å². The van der Waals surface area contributed by atoms with Crippen molar-refractivity contribution in [3.8, 4) is 11.3 Å². The summed E-state index contributed by atoms with van der Waals surface area (Å²) in [4.78, 5) is 16.2. The van der Waals surface area contributed by atoms with Gasteiger partial charge in [-0.05, 0) is 24.6 Å². The molecule has 3 rings (SSSR count). The monoisotopic (exact) mass is 297 g/mol. The third-order valence-corrected chi connectivity index (χ3v) is 3.73. The first-order valence-electron chi connectivity index (χ1n) is 6.46. The predicted octanol–water partition coefficient (Wildman–Crippen LogP) is 4.56. The van der Waals surface area contributed by atoms with E-state index in [1.54, 1.807) is 12.1 Å². The Morgan fingerprint density at radius 3 is 2.52 bits per heavy atom. The highest BCUT2D eigenvalue weighted by molar-refractivity contribution is 6.36. The van der Waals surface area contributed by atoms with Crippen molar-refractivity contribution in [1.82, 2.24) is 4.98 Å². The second-order valence-electron chi connectivity index (χ2n) is 4.81. The Balaban J connectivity index is 2.41. The number of carbonyl (C=O) groups is 1. The normalized spacial score (nSPS) is 10.8. The molecule has 0 radical (unpaired) electrons. The van der Waals surface area contributed by atoms with E-state index >= 15 is 0 Å². The molecule has 0 aliphatic rings. The fourth-order valence-corrected chi connectivity index (χ4v) is 2.61. The van der Waals surface area contributed by atoms with Crippen molar-refractivity contribution in [2.75, 3.05) is 0 Å². The summed E-state index contributed by atoms with van der Waals surface area (Å²) in [6, 6.07) is 14.6. The molecule has 3 nitrogen and oxygen atoms in total. The summed E-state index contributed by atoms with van der Waals surface area (Å²) in [6.07, 6.45) is 0. The van der Waals surface area contributed by atoms with E-state index in [9.17, 15) is 9.90 Å². The number of aromatic carboxylic acids is 1. The summed E-state index contributed by atoms with van der Waals surface area (Å²) < 4.78 is 0. The molecule has 1 N–H and O–H groups in total. The lowest BCUT2D eigenvalue weighted by Crippen LogP contribution is -2.01. The zero-order valence-electron chi connectivity index (χ0n) is 11.3. The maximum absolute atomic E-state index is 11.6. The number of rotatable bonds is 2. The summed E-state index contributed by atoms with van der Waals surface area (Å²) in [7, 11) is 0. The molecule has 2 aromatic carbocycles. The molecule has 21 heavy (non-hydrogen) atoms. The topological polar surface area (TPSA) is 50.2 Å². The number of carboxylic acid groups (broad SMARTS) is 1. The number of carboxylic acids is 1. The maximum atomic E-state index is 11.6. The lowest BCUT2D eigenvalue weighted by Gasteiger charge is -2.10. The number of pyridine rings is 1. The van der Waals surface area contributed by atoms with Gasteiger partial charge in [0.2, 0.25) is 0 Å². The average Bonchev–Trinajstić information content (AvgIpc) is 2.51. The average molecular weight is 298 g/mol. The molecule has 0 spiro atoms. The largest absolute Gasteiger partial charge is 0.478 e. The number of aromatic nitrogens is 1. The number of benzene rings is 2. The number of aryl methyl sites for hydroxylation is 1. The molecule has 0 saturated heterocycles. The van der Waals surface area contributed by atoms with Gasteiger partial charge in [0.1, 0.15) is 0 Å². The van der Waals surface area contributed by atoms with E-state index in [2.05, 4.69) is 4.98 Å². The minimum absolute atomic E-state index is 0.174. The smallest absolute Gasteiger partial charge is 0.336 e. The van der Waals surface area contributed by atoms with Gasteiger partial charge in [-0.3, -0.25) is 0 Å². The lowest BCUT2D eigenvalue weighted by molar-refractivity contribution is 0.0699. The summed E-state index contributed by atoms with van der Waals surface area (Å²) >= 11 is 6.17. The van der Waals surface area contributed by atoms with Gasteiger partial charge < -0.3 is 5.11 Å². The SMILES string of the molecule is Cc1ccc(Cl)c2c(C(=O)O)cc(-c3ccccc3)nc12. The molecule has 104 valence electrons. The summed E-state index contributed by atoms with van der Waals surface area (Å²) in [5.41, 5.74) is 3.20. The molecule has 1 heterocycles. The first-order valence-corrected chi connectivity index (χ1v) is 6.84. The van der Waals surface area contributed by atoms with E-state index in [1.165, 1.54) is 0 Å². The fraction of sp³-hybridized carbons (Fsp3) is 0.0588. The molecule has 0 amide bonds. The fourth-order valence-electron chi connectivity index (χ4n) is 2.36. The van der Waals surface area contributed by atoms with Crippen LogP contribution in [0.2, 0.25) is 5.02 Å².